The highest BCUT2D eigenvalue weighted by molar-refractivity contribution is 9.10. The van der Waals surface area contributed by atoms with Crippen molar-refractivity contribution in [3.8, 4) is 0 Å². The van der Waals surface area contributed by atoms with Crippen LogP contribution in [-0.4, -0.2) is 30.4 Å². The van der Waals surface area contributed by atoms with Gasteiger partial charge in [0.25, 0.3) is 0 Å². The van der Waals surface area contributed by atoms with Crippen LogP contribution in [0.2, 0.25) is 0 Å². The summed E-state index contributed by atoms with van der Waals surface area (Å²) < 4.78 is 1.01. The van der Waals surface area contributed by atoms with Gasteiger partial charge in [-0.15, -0.1) is 0 Å². The molecule has 1 rings (SSSR count). The highest BCUT2D eigenvalue weighted by Crippen LogP contribution is 2.20. The lowest BCUT2D eigenvalue weighted by molar-refractivity contribution is -0.128. The summed E-state index contributed by atoms with van der Waals surface area (Å²) in [5.74, 6) is 0.134. The van der Waals surface area contributed by atoms with Crippen LogP contribution in [-0.2, 0) is 4.79 Å². The van der Waals surface area contributed by atoms with Crippen LogP contribution in [0.15, 0.2) is 22.7 Å². The molecule has 3 nitrogen and oxygen atoms in total. The SMILES string of the molecule is CCN(CC)C(=O)CNc1cc(Br)ccc1C. The molecule has 0 saturated heterocycles. The number of nitrogens with one attached hydrogen (secondary N) is 1. The molecule has 0 aliphatic heterocycles. The zero-order chi connectivity index (χ0) is 12.8. The Morgan fingerprint density at radius 3 is 2.59 bits per heavy atom. The Bertz CT molecular complexity index is 389. The van der Waals surface area contributed by atoms with E-state index in [4.69, 9.17) is 0 Å². The summed E-state index contributed by atoms with van der Waals surface area (Å²) in [5.41, 5.74) is 2.14. The van der Waals surface area contributed by atoms with Gasteiger partial charge in [-0.1, -0.05) is 22.0 Å². The summed E-state index contributed by atoms with van der Waals surface area (Å²) in [6.07, 6.45) is 0. The average Bonchev–Trinajstić information content (AvgIpc) is 2.32. The van der Waals surface area contributed by atoms with Gasteiger partial charge in [-0.05, 0) is 38.5 Å². The van der Waals surface area contributed by atoms with Crippen LogP contribution in [0.25, 0.3) is 0 Å². The van der Waals surface area contributed by atoms with E-state index in [2.05, 4.69) is 21.2 Å². The molecule has 0 radical (unpaired) electrons. The summed E-state index contributed by atoms with van der Waals surface area (Å²) in [4.78, 5) is 13.6. The standard InChI is InChI=1S/C13H19BrN2O/c1-4-16(5-2)13(17)9-15-12-8-11(14)7-6-10(12)3/h6-8,15H,4-5,9H2,1-3H3. The molecule has 1 aromatic rings. The van der Waals surface area contributed by atoms with Crippen LogP contribution in [0.5, 0.6) is 0 Å². The van der Waals surface area contributed by atoms with Gasteiger partial charge in [-0.2, -0.15) is 0 Å². The first-order valence-corrected chi connectivity index (χ1v) is 6.65. The van der Waals surface area contributed by atoms with Crippen LogP contribution in [0.4, 0.5) is 5.69 Å². The van der Waals surface area contributed by atoms with Crippen LogP contribution in [0.3, 0.4) is 0 Å². The molecule has 17 heavy (non-hydrogen) atoms. The molecule has 0 bridgehead atoms. The van der Waals surface area contributed by atoms with Crippen molar-refractivity contribution in [2.24, 2.45) is 0 Å². The molecule has 0 saturated carbocycles. The van der Waals surface area contributed by atoms with Crippen molar-refractivity contribution in [3.05, 3.63) is 28.2 Å². The van der Waals surface area contributed by atoms with Crippen molar-refractivity contribution in [3.63, 3.8) is 0 Å². The van der Waals surface area contributed by atoms with E-state index < -0.39 is 0 Å². The predicted molar refractivity (Wildman–Crippen MR) is 75.3 cm³/mol. The smallest absolute Gasteiger partial charge is 0.241 e. The predicted octanol–water partition coefficient (Wildman–Crippen LogP) is 3.04. The number of benzene rings is 1. The highest BCUT2D eigenvalue weighted by Gasteiger charge is 2.09. The minimum atomic E-state index is 0.134. The number of nitrogens with zero attached hydrogens (tertiary/aromatic N) is 1. The normalized spacial score (nSPS) is 10.1. The molecular formula is C13H19BrN2O. The average molecular weight is 299 g/mol. The number of carbonyl (C=O) groups is 1. The first kappa shape index (κ1) is 14.0. The number of aryl methyl sites for hydroxylation is 1. The molecule has 1 aromatic carbocycles. The Morgan fingerprint density at radius 1 is 1.35 bits per heavy atom. The van der Waals surface area contributed by atoms with E-state index in [1.807, 2.05) is 43.9 Å². The second kappa shape index (κ2) is 6.64. The maximum Gasteiger partial charge on any atom is 0.241 e. The lowest BCUT2D eigenvalue weighted by Gasteiger charge is -2.19. The Labute approximate surface area is 111 Å². The van der Waals surface area contributed by atoms with Crippen molar-refractivity contribution >= 4 is 27.5 Å². The van der Waals surface area contributed by atoms with Gasteiger partial charge < -0.3 is 10.2 Å². The molecule has 0 unspecified atom stereocenters. The number of amides is 1. The molecule has 0 spiro atoms. The number of rotatable bonds is 5. The molecule has 0 atom stereocenters. The van der Waals surface area contributed by atoms with Gasteiger partial charge in [0.1, 0.15) is 0 Å². The van der Waals surface area contributed by atoms with Crippen LogP contribution in [0.1, 0.15) is 19.4 Å². The fraction of sp³-hybridized carbons (Fsp3) is 0.462. The summed E-state index contributed by atoms with van der Waals surface area (Å²) in [6.45, 7) is 7.87. The van der Waals surface area contributed by atoms with E-state index in [0.717, 1.165) is 28.8 Å². The topological polar surface area (TPSA) is 32.3 Å². The van der Waals surface area contributed by atoms with E-state index >= 15 is 0 Å². The first-order chi connectivity index (χ1) is 8.08. The van der Waals surface area contributed by atoms with E-state index in [1.165, 1.54) is 0 Å². The Hall–Kier alpha value is -1.03. The first-order valence-electron chi connectivity index (χ1n) is 5.86. The monoisotopic (exact) mass is 298 g/mol. The van der Waals surface area contributed by atoms with Crippen molar-refractivity contribution in [2.45, 2.75) is 20.8 Å². The second-order valence-corrected chi connectivity index (χ2v) is 4.79. The lowest BCUT2D eigenvalue weighted by atomic mass is 10.2. The number of hydrogen-bond donors (Lipinski definition) is 1. The largest absolute Gasteiger partial charge is 0.376 e. The van der Waals surface area contributed by atoms with E-state index in [9.17, 15) is 4.79 Å². The van der Waals surface area contributed by atoms with Crippen molar-refractivity contribution in [2.75, 3.05) is 25.0 Å². The molecular weight excluding hydrogens is 280 g/mol. The van der Waals surface area contributed by atoms with E-state index in [1.54, 1.807) is 0 Å². The summed E-state index contributed by atoms with van der Waals surface area (Å²) in [5, 5.41) is 3.18. The molecule has 0 heterocycles. The number of halogens is 1. The van der Waals surface area contributed by atoms with Crippen LogP contribution in [0, 0.1) is 6.92 Å². The molecule has 4 heteroatoms. The Morgan fingerprint density at radius 2 is 2.00 bits per heavy atom. The minimum Gasteiger partial charge on any atom is -0.376 e. The molecule has 1 amide bonds. The van der Waals surface area contributed by atoms with Crippen LogP contribution < -0.4 is 5.32 Å². The van der Waals surface area contributed by atoms with Gasteiger partial charge in [0.15, 0.2) is 0 Å². The maximum absolute atomic E-state index is 11.8. The maximum atomic E-state index is 11.8. The van der Waals surface area contributed by atoms with Crippen LogP contribution >= 0.6 is 15.9 Å². The molecule has 0 fully saturated rings. The number of carbonyl (C=O) groups excluding carboxylic acids is 1. The van der Waals surface area contributed by atoms with Gasteiger partial charge in [-0.3, -0.25) is 4.79 Å². The molecule has 94 valence electrons. The Kier molecular flexibility index (Phi) is 5.48. The van der Waals surface area contributed by atoms with Crippen molar-refractivity contribution in [1.29, 1.82) is 0 Å². The number of anilines is 1. The molecule has 0 aromatic heterocycles. The third kappa shape index (κ3) is 4.04. The third-order valence-electron chi connectivity index (χ3n) is 2.75. The fourth-order valence-electron chi connectivity index (χ4n) is 1.64. The van der Waals surface area contributed by atoms with E-state index in [-0.39, 0.29) is 5.91 Å². The summed E-state index contributed by atoms with van der Waals surface area (Å²) in [6, 6.07) is 6.01. The van der Waals surface area contributed by atoms with E-state index in [0.29, 0.717) is 6.54 Å². The summed E-state index contributed by atoms with van der Waals surface area (Å²) in [7, 11) is 0. The number of hydrogen-bond acceptors (Lipinski definition) is 2. The molecule has 0 aliphatic rings. The van der Waals surface area contributed by atoms with Gasteiger partial charge in [0.05, 0.1) is 6.54 Å². The lowest BCUT2D eigenvalue weighted by Crippen LogP contribution is -2.35. The minimum absolute atomic E-state index is 0.134. The third-order valence-corrected chi connectivity index (χ3v) is 3.24. The van der Waals surface area contributed by atoms with Crippen molar-refractivity contribution in [1.82, 2.24) is 4.90 Å². The van der Waals surface area contributed by atoms with Crippen molar-refractivity contribution < 1.29 is 4.79 Å². The zero-order valence-corrected chi connectivity index (χ0v) is 12.2. The van der Waals surface area contributed by atoms with Gasteiger partial charge in [0, 0.05) is 23.2 Å². The molecule has 0 aliphatic carbocycles. The number of likely N-dealkylation sites (N-methyl/N-ethyl adjacent to an activating group) is 1. The Balaban J connectivity index is 2.61. The van der Waals surface area contributed by atoms with Gasteiger partial charge in [-0.25, -0.2) is 0 Å². The highest BCUT2D eigenvalue weighted by atomic mass is 79.9. The summed E-state index contributed by atoms with van der Waals surface area (Å²) >= 11 is 3.42. The second-order valence-electron chi connectivity index (χ2n) is 3.88. The molecule has 1 N–H and O–H groups in total. The quantitative estimate of drug-likeness (QED) is 0.906. The fourth-order valence-corrected chi connectivity index (χ4v) is 2.00. The zero-order valence-electron chi connectivity index (χ0n) is 10.6. The van der Waals surface area contributed by atoms with Gasteiger partial charge >= 0.3 is 0 Å². The van der Waals surface area contributed by atoms with Gasteiger partial charge in [0.2, 0.25) is 5.91 Å².